The molecule has 0 spiro atoms. The van der Waals surface area contributed by atoms with Crippen molar-refractivity contribution in [3.8, 4) is 5.75 Å². The number of methoxy groups -OCH3 is 1. The van der Waals surface area contributed by atoms with E-state index in [4.69, 9.17) is 4.74 Å². The Morgan fingerprint density at radius 1 is 1.28 bits per heavy atom. The maximum Gasteiger partial charge on any atom is 0.272 e. The molecular formula is C12H9N3O3. The Labute approximate surface area is 101 Å². The molecule has 0 saturated heterocycles. The molecule has 90 valence electrons. The van der Waals surface area contributed by atoms with Crippen molar-refractivity contribution >= 4 is 22.4 Å². The summed E-state index contributed by atoms with van der Waals surface area (Å²) < 4.78 is 4.87. The second-order valence-corrected chi connectivity index (χ2v) is 3.80. The van der Waals surface area contributed by atoms with Gasteiger partial charge in [-0.3, -0.25) is 9.59 Å². The number of fused-ring (bicyclic) bond motifs is 1. The van der Waals surface area contributed by atoms with Crippen LogP contribution >= 0.6 is 0 Å². The van der Waals surface area contributed by atoms with E-state index in [2.05, 4.69) is 15.3 Å². The van der Waals surface area contributed by atoms with Crippen LogP contribution in [0.5, 0.6) is 5.75 Å². The number of ether oxygens (including phenoxy) is 1. The van der Waals surface area contributed by atoms with Crippen molar-refractivity contribution in [1.82, 2.24) is 9.97 Å². The van der Waals surface area contributed by atoms with Crippen molar-refractivity contribution in [1.29, 1.82) is 0 Å². The lowest BCUT2D eigenvalue weighted by Gasteiger charge is -2.11. The molecule has 0 radical (unpaired) electrons. The number of nitrogens with one attached hydrogen (secondary N) is 2. The number of rotatable bonds is 3. The van der Waals surface area contributed by atoms with Gasteiger partial charge in [0.2, 0.25) is 0 Å². The number of aromatic amines is 1. The summed E-state index contributed by atoms with van der Waals surface area (Å²) in [5.74, 6) is 0.0625. The van der Waals surface area contributed by atoms with E-state index < -0.39 is 10.9 Å². The molecule has 0 amide bonds. The van der Waals surface area contributed by atoms with Crippen LogP contribution in [0.15, 0.2) is 34.1 Å². The average molecular weight is 243 g/mol. The van der Waals surface area contributed by atoms with Gasteiger partial charge in [-0.25, -0.2) is 4.98 Å². The molecule has 6 nitrogen and oxygen atoms in total. The van der Waals surface area contributed by atoms with Crippen LogP contribution in [0.3, 0.4) is 0 Å². The van der Waals surface area contributed by atoms with Crippen LogP contribution in [0.2, 0.25) is 0 Å². The first kappa shape index (κ1) is 10.5. The van der Waals surface area contributed by atoms with E-state index in [9.17, 15) is 9.59 Å². The summed E-state index contributed by atoms with van der Waals surface area (Å²) in [6, 6.07) is 5.47. The fourth-order valence-corrected chi connectivity index (χ4v) is 1.88. The number of anilines is 2. The van der Waals surface area contributed by atoms with Gasteiger partial charge >= 0.3 is 0 Å². The third kappa shape index (κ3) is 1.32. The first-order valence-corrected chi connectivity index (χ1v) is 5.29. The van der Waals surface area contributed by atoms with Crippen molar-refractivity contribution in [2.45, 2.75) is 0 Å². The predicted octanol–water partition coefficient (Wildman–Crippen LogP) is 0.911. The summed E-state index contributed by atoms with van der Waals surface area (Å²) in [4.78, 5) is 29.8. The summed E-state index contributed by atoms with van der Waals surface area (Å²) in [7, 11) is 1.36. The highest BCUT2D eigenvalue weighted by atomic mass is 16.5. The van der Waals surface area contributed by atoms with Gasteiger partial charge in [0.25, 0.3) is 10.9 Å². The van der Waals surface area contributed by atoms with Crippen LogP contribution in [-0.2, 0) is 0 Å². The lowest BCUT2D eigenvalue weighted by atomic mass is 10.2. The minimum Gasteiger partial charge on any atom is -0.491 e. The summed E-state index contributed by atoms with van der Waals surface area (Å²) >= 11 is 0. The number of nitrogens with zero attached hydrogens (tertiary/aromatic N) is 1. The zero-order valence-electron chi connectivity index (χ0n) is 9.48. The summed E-state index contributed by atoms with van der Waals surface area (Å²) in [5.41, 5.74) is 1.20. The number of hydrogen-bond donors (Lipinski definition) is 2. The van der Waals surface area contributed by atoms with Gasteiger partial charge in [0.15, 0.2) is 5.75 Å². The van der Waals surface area contributed by atoms with Crippen molar-refractivity contribution in [2.75, 3.05) is 12.4 Å². The number of aromatic nitrogens is 2. The third-order valence-corrected chi connectivity index (χ3v) is 2.78. The molecule has 0 saturated carbocycles. The van der Waals surface area contributed by atoms with Crippen molar-refractivity contribution in [2.24, 2.45) is 0 Å². The highest BCUT2D eigenvalue weighted by Crippen LogP contribution is 2.26. The minimum atomic E-state index is -0.603. The number of H-pyrrole nitrogens is 1. The number of benzene rings is 1. The van der Waals surface area contributed by atoms with E-state index in [0.29, 0.717) is 11.2 Å². The average Bonchev–Trinajstić information content (AvgIpc) is 2.87. The molecule has 1 aromatic heterocycles. The molecule has 2 aromatic carbocycles. The normalized spacial score (nSPS) is 10.9. The molecule has 0 fully saturated rings. The SMILES string of the molecule is COc1c(Nc2cccc3[nH]cnc23)c(=O)c1=O. The highest BCUT2D eigenvalue weighted by Gasteiger charge is 2.22. The standard InChI is InChI=1S/C12H9N3O3/c1-18-12-9(10(16)11(12)17)15-7-4-2-3-6-8(7)14-5-13-6/h2-5,15H,1H3,(H,13,14). The van der Waals surface area contributed by atoms with Gasteiger partial charge in [0.1, 0.15) is 11.2 Å². The van der Waals surface area contributed by atoms with Gasteiger partial charge in [0.05, 0.1) is 24.6 Å². The number of imidazole rings is 1. The van der Waals surface area contributed by atoms with Crippen LogP contribution in [0.1, 0.15) is 0 Å². The molecule has 2 N–H and O–H groups in total. The van der Waals surface area contributed by atoms with Crippen molar-refractivity contribution in [3.63, 3.8) is 0 Å². The molecule has 3 aromatic rings. The summed E-state index contributed by atoms with van der Waals surface area (Å²) in [5, 5.41) is 2.89. The highest BCUT2D eigenvalue weighted by molar-refractivity contribution is 5.90. The Hall–Kier alpha value is -2.63. The van der Waals surface area contributed by atoms with Gasteiger partial charge in [-0.15, -0.1) is 0 Å². The van der Waals surface area contributed by atoms with E-state index in [-0.39, 0.29) is 11.4 Å². The third-order valence-electron chi connectivity index (χ3n) is 2.78. The zero-order valence-corrected chi connectivity index (χ0v) is 9.48. The van der Waals surface area contributed by atoms with E-state index in [1.54, 1.807) is 12.4 Å². The minimum absolute atomic E-state index is 0.0625. The van der Waals surface area contributed by atoms with Crippen LogP contribution in [0.4, 0.5) is 11.4 Å². The Balaban J connectivity index is 2.07. The topological polar surface area (TPSA) is 84.1 Å². The van der Waals surface area contributed by atoms with Gasteiger partial charge in [-0.1, -0.05) is 6.07 Å². The molecule has 0 aliphatic carbocycles. The first-order chi connectivity index (χ1) is 8.72. The molecule has 18 heavy (non-hydrogen) atoms. The van der Waals surface area contributed by atoms with Gasteiger partial charge < -0.3 is 15.0 Å². The van der Waals surface area contributed by atoms with E-state index in [1.807, 2.05) is 12.1 Å². The summed E-state index contributed by atoms with van der Waals surface area (Å²) in [6.07, 6.45) is 1.56. The lowest BCUT2D eigenvalue weighted by Crippen LogP contribution is -2.34. The molecule has 0 atom stereocenters. The molecule has 6 heteroatoms. The monoisotopic (exact) mass is 243 g/mol. The molecule has 0 bridgehead atoms. The second kappa shape index (κ2) is 3.69. The van der Waals surface area contributed by atoms with Gasteiger partial charge in [-0.05, 0) is 12.1 Å². The van der Waals surface area contributed by atoms with Crippen LogP contribution < -0.4 is 20.9 Å². The molecule has 0 aliphatic rings. The Bertz CT molecular complexity index is 796. The maximum absolute atomic E-state index is 11.4. The largest absolute Gasteiger partial charge is 0.491 e. The predicted molar refractivity (Wildman–Crippen MR) is 67.3 cm³/mol. The Morgan fingerprint density at radius 2 is 2.11 bits per heavy atom. The Morgan fingerprint density at radius 3 is 2.89 bits per heavy atom. The molecule has 3 rings (SSSR count). The fourth-order valence-electron chi connectivity index (χ4n) is 1.88. The number of para-hydroxylation sites is 1. The lowest BCUT2D eigenvalue weighted by molar-refractivity contribution is 0.408. The van der Waals surface area contributed by atoms with Crippen molar-refractivity contribution < 1.29 is 4.74 Å². The molecular weight excluding hydrogens is 234 g/mol. The van der Waals surface area contributed by atoms with E-state index in [1.165, 1.54) is 7.11 Å². The second-order valence-electron chi connectivity index (χ2n) is 3.80. The smallest absolute Gasteiger partial charge is 0.272 e. The molecule has 1 heterocycles. The van der Waals surface area contributed by atoms with Crippen LogP contribution in [0.25, 0.3) is 11.0 Å². The van der Waals surface area contributed by atoms with Crippen LogP contribution in [-0.4, -0.2) is 17.1 Å². The molecule has 0 aliphatic heterocycles. The summed E-state index contributed by atoms with van der Waals surface area (Å²) in [6.45, 7) is 0. The first-order valence-electron chi connectivity index (χ1n) is 5.29. The zero-order chi connectivity index (χ0) is 12.7. The van der Waals surface area contributed by atoms with Gasteiger partial charge in [-0.2, -0.15) is 0 Å². The maximum atomic E-state index is 11.4. The van der Waals surface area contributed by atoms with E-state index >= 15 is 0 Å². The van der Waals surface area contributed by atoms with E-state index in [0.717, 1.165) is 5.52 Å². The van der Waals surface area contributed by atoms with Crippen LogP contribution in [0, 0.1) is 0 Å². The van der Waals surface area contributed by atoms with Crippen molar-refractivity contribution in [3.05, 3.63) is 45.0 Å². The van der Waals surface area contributed by atoms with Gasteiger partial charge in [0, 0.05) is 0 Å². The molecule has 0 unspecified atom stereocenters. The number of hydrogen-bond acceptors (Lipinski definition) is 5. The fraction of sp³-hybridized carbons (Fsp3) is 0.0833. The quantitative estimate of drug-likeness (QED) is 0.668. The Kier molecular flexibility index (Phi) is 2.16.